The molecule has 0 spiro atoms. The fourth-order valence-corrected chi connectivity index (χ4v) is 3.49. The predicted octanol–water partition coefficient (Wildman–Crippen LogP) is 1.55. The number of carbonyl (C=O) groups is 1. The van der Waals surface area contributed by atoms with Gasteiger partial charge in [-0.1, -0.05) is 24.3 Å². The molecule has 0 saturated heterocycles. The van der Waals surface area contributed by atoms with Crippen molar-refractivity contribution in [2.75, 3.05) is 6.54 Å². The van der Waals surface area contributed by atoms with Crippen molar-refractivity contribution in [1.82, 2.24) is 24.6 Å². The van der Waals surface area contributed by atoms with E-state index in [-0.39, 0.29) is 30.0 Å². The Morgan fingerprint density at radius 3 is 2.59 bits per heavy atom. The van der Waals surface area contributed by atoms with Crippen LogP contribution in [0.25, 0.3) is 21.8 Å². The Morgan fingerprint density at radius 2 is 1.76 bits per heavy atom. The molecule has 148 valence electrons. The van der Waals surface area contributed by atoms with Crippen molar-refractivity contribution in [3.05, 3.63) is 75.1 Å². The van der Waals surface area contributed by atoms with Crippen LogP contribution in [-0.4, -0.2) is 31.8 Å². The van der Waals surface area contributed by atoms with Gasteiger partial charge in [-0.15, -0.1) is 0 Å². The maximum Gasteiger partial charge on any atom is 0.273 e. The lowest BCUT2D eigenvalue weighted by Gasteiger charge is -2.10. The number of aromatic amines is 1. The average molecular weight is 391 g/mol. The van der Waals surface area contributed by atoms with E-state index in [2.05, 4.69) is 20.0 Å². The largest absolute Gasteiger partial charge is 0.354 e. The summed E-state index contributed by atoms with van der Waals surface area (Å²) in [6.45, 7) is 3.09. The number of fused-ring (bicyclic) bond motifs is 2. The predicted molar refractivity (Wildman–Crippen MR) is 111 cm³/mol. The molecule has 0 fully saturated rings. The summed E-state index contributed by atoms with van der Waals surface area (Å²) < 4.78 is 3.25. The molecule has 2 heterocycles. The van der Waals surface area contributed by atoms with E-state index in [1.165, 1.54) is 4.68 Å². The smallest absolute Gasteiger partial charge is 0.273 e. The quantitative estimate of drug-likeness (QED) is 0.521. The Kier molecular flexibility index (Phi) is 4.99. The van der Waals surface area contributed by atoms with E-state index >= 15 is 0 Å². The summed E-state index contributed by atoms with van der Waals surface area (Å²) in [5.41, 5.74) is 1.30. The van der Waals surface area contributed by atoms with Gasteiger partial charge in [-0.3, -0.25) is 19.5 Å². The summed E-state index contributed by atoms with van der Waals surface area (Å²) in [4.78, 5) is 41.3. The standard InChI is InChI=1S/C21H21N5O3/c1-14-23-17-8-4-5-9-18(17)25(14)13-11-22-19(27)10-12-26-21(29)16-7-3-2-6-15(16)20(28)24-26/h2-9H,10-13H2,1H3,(H,22,27)(H,24,28). The number of H-pyrrole nitrogens is 1. The minimum atomic E-state index is -0.344. The Hall–Kier alpha value is -3.68. The number of imidazole rings is 1. The van der Waals surface area contributed by atoms with Gasteiger partial charge in [0.05, 0.1) is 28.4 Å². The van der Waals surface area contributed by atoms with Gasteiger partial charge in [0.1, 0.15) is 5.82 Å². The van der Waals surface area contributed by atoms with Crippen LogP contribution in [0.15, 0.2) is 58.1 Å². The fourth-order valence-electron chi connectivity index (χ4n) is 3.49. The zero-order valence-corrected chi connectivity index (χ0v) is 16.0. The van der Waals surface area contributed by atoms with E-state index in [4.69, 9.17) is 0 Å². The molecule has 1 amide bonds. The second-order valence-corrected chi connectivity index (χ2v) is 6.84. The van der Waals surface area contributed by atoms with Crippen molar-refractivity contribution in [3.63, 3.8) is 0 Å². The Labute approximate surface area is 165 Å². The van der Waals surface area contributed by atoms with Crippen LogP contribution >= 0.6 is 0 Å². The number of aromatic nitrogens is 4. The molecule has 0 aliphatic carbocycles. The van der Waals surface area contributed by atoms with E-state index in [1.54, 1.807) is 24.3 Å². The summed E-state index contributed by atoms with van der Waals surface area (Å²) in [6, 6.07) is 14.5. The first-order chi connectivity index (χ1) is 14.0. The SMILES string of the molecule is Cc1nc2ccccc2n1CCNC(=O)CCn1[nH]c(=O)c2ccccc2c1=O. The minimum Gasteiger partial charge on any atom is -0.354 e. The van der Waals surface area contributed by atoms with Crippen LogP contribution in [0.3, 0.4) is 0 Å². The van der Waals surface area contributed by atoms with Crippen LogP contribution in [0.1, 0.15) is 12.2 Å². The Bertz CT molecular complexity index is 1320. The molecule has 0 unspecified atom stereocenters. The summed E-state index contributed by atoms with van der Waals surface area (Å²) in [6.07, 6.45) is 0.0951. The summed E-state index contributed by atoms with van der Waals surface area (Å²) in [5.74, 6) is 0.703. The second-order valence-electron chi connectivity index (χ2n) is 6.84. The number of nitrogens with one attached hydrogen (secondary N) is 2. The molecule has 0 atom stereocenters. The molecular weight excluding hydrogens is 370 g/mol. The Morgan fingerprint density at radius 1 is 1.03 bits per heavy atom. The molecule has 8 nitrogen and oxygen atoms in total. The van der Waals surface area contributed by atoms with E-state index < -0.39 is 0 Å². The molecule has 29 heavy (non-hydrogen) atoms. The third-order valence-electron chi connectivity index (χ3n) is 4.95. The number of carbonyl (C=O) groups excluding carboxylic acids is 1. The van der Waals surface area contributed by atoms with Crippen LogP contribution in [0.2, 0.25) is 0 Å². The van der Waals surface area contributed by atoms with E-state index in [0.29, 0.717) is 23.9 Å². The molecule has 8 heteroatoms. The molecule has 0 bridgehead atoms. The molecule has 2 aromatic heterocycles. The van der Waals surface area contributed by atoms with Gasteiger partial charge in [0.2, 0.25) is 5.91 Å². The molecule has 2 N–H and O–H groups in total. The lowest BCUT2D eigenvalue weighted by atomic mass is 10.2. The van der Waals surface area contributed by atoms with Gasteiger partial charge in [0.25, 0.3) is 11.1 Å². The van der Waals surface area contributed by atoms with Crippen molar-refractivity contribution in [2.24, 2.45) is 0 Å². The first kappa shape index (κ1) is 18.7. The monoisotopic (exact) mass is 391 g/mol. The first-order valence-corrected chi connectivity index (χ1v) is 9.45. The number of nitrogens with zero attached hydrogens (tertiary/aromatic N) is 3. The zero-order chi connectivity index (χ0) is 20.4. The van der Waals surface area contributed by atoms with E-state index in [1.807, 2.05) is 31.2 Å². The highest BCUT2D eigenvalue weighted by Gasteiger charge is 2.10. The van der Waals surface area contributed by atoms with Gasteiger partial charge in [-0.2, -0.15) is 0 Å². The van der Waals surface area contributed by atoms with Crippen LogP contribution in [0, 0.1) is 6.92 Å². The third-order valence-corrected chi connectivity index (χ3v) is 4.95. The van der Waals surface area contributed by atoms with Gasteiger partial charge in [-0.05, 0) is 31.2 Å². The molecule has 0 aliphatic rings. The molecule has 2 aromatic carbocycles. The van der Waals surface area contributed by atoms with Gasteiger partial charge >= 0.3 is 0 Å². The Balaban J connectivity index is 1.38. The van der Waals surface area contributed by atoms with Crippen LogP contribution in [0.4, 0.5) is 0 Å². The normalized spacial score (nSPS) is 11.2. The number of hydrogen-bond donors (Lipinski definition) is 2. The molecule has 0 saturated carbocycles. The number of aryl methyl sites for hydroxylation is 2. The van der Waals surface area contributed by atoms with Crippen molar-refractivity contribution in [2.45, 2.75) is 26.4 Å². The lowest BCUT2D eigenvalue weighted by molar-refractivity contribution is -0.121. The maximum atomic E-state index is 12.5. The van der Waals surface area contributed by atoms with Crippen molar-refractivity contribution in [1.29, 1.82) is 0 Å². The zero-order valence-electron chi connectivity index (χ0n) is 16.0. The summed E-state index contributed by atoms with van der Waals surface area (Å²) in [5, 5.41) is 6.09. The molecule has 4 aromatic rings. The van der Waals surface area contributed by atoms with Crippen LogP contribution in [-0.2, 0) is 17.9 Å². The molecule has 4 rings (SSSR count). The number of para-hydroxylation sites is 2. The summed E-state index contributed by atoms with van der Waals surface area (Å²) in [7, 11) is 0. The van der Waals surface area contributed by atoms with Crippen molar-refractivity contribution >= 4 is 27.7 Å². The second kappa shape index (κ2) is 7.75. The fraction of sp³-hybridized carbons (Fsp3) is 0.238. The topological polar surface area (TPSA) is 102 Å². The van der Waals surface area contributed by atoms with Crippen molar-refractivity contribution in [3.8, 4) is 0 Å². The number of amides is 1. The highest BCUT2D eigenvalue weighted by atomic mass is 16.2. The number of rotatable bonds is 6. The number of hydrogen-bond acceptors (Lipinski definition) is 4. The average Bonchev–Trinajstić information content (AvgIpc) is 3.05. The van der Waals surface area contributed by atoms with Crippen molar-refractivity contribution < 1.29 is 4.79 Å². The van der Waals surface area contributed by atoms with E-state index in [0.717, 1.165) is 16.9 Å². The highest BCUT2D eigenvalue weighted by molar-refractivity contribution is 5.80. The van der Waals surface area contributed by atoms with Gasteiger partial charge in [0.15, 0.2) is 0 Å². The molecule has 0 radical (unpaired) electrons. The van der Waals surface area contributed by atoms with Gasteiger partial charge < -0.3 is 9.88 Å². The molecule has 0 aliphatic heterocycles. The molecular formula is C21H21N5O3. The van der Waals surface area contributed by atoms with Gasteiger partial charge in [-0.25, -0.2) is 9.67 Å². The first-order valence-electron chi connectivity index (χ1n) is 9.45. The highest BCUT2D eigenvalue weighted by Crippen LogP contribution is 2.14. The maximum absolute atomic E-state index is 12.5. The van der Waals surface area contributed by atoms with Gasteiger partial charge in [0, 0.05) is 19.5 Å². The third kappa shape index (κ3) is 3.69. The van der Waals surface area contributed by atoms with E-state index in [9.17, 15) is 14.4 Å². The lowest BCUT2D eigenvalue weighted by Crippen LogP contribution is -2.33. The number of benzene rings is 2. The summed E-state index contributed by atoms with van der Waals surface area (Å²) >= 11 is 0. The minimum absolute atomic E-state index is 0.0951. The van der Waals surface area contributed by atoms with Crippen LogP contribution in [0.5, 0.6) is 0 Å². The van der Waals surface area contributed by atoms with Crippen LogP contribution < -0.4 is 16.4 Å².